The first kappa shape index (κ1) is 20.1. The molecule has 1 aliphatic rings. The zero-order chi connectivity index (χ0) is 19.4. The van der Waals surface area contributed by atoms with Crippen LogP contribution in [-0.2, 0) is 26.2 Å². The Bertz CT molecular complexity index is 911. The first-order chi connectivity index (χ1) is 12.9. The van der Waals surface area contributed by atoms with Gasteiger partial charge in [0.15, 0.2) is 0 Å². The number of carbonyl (C=O) groups is 1. The predicted molar refractivity (Wildman–Crippen MR) is 104 cm³/mol. The monoisotopic (exact) mass is 427 g/mol. The highest BCUT2D eigenvalue weighted by Crippen LogP contribution is 2.26. The van der Waals surface area contributed by atoms with Crippen molar-refractivity contribution in [3.63, 3.8) is 0 Å². The summed E-state index contributed by atoms with van der Waals surface area (Å²) < 4.78 is 32.0. The van der Waals surface area contributed by atoms with E-state index in [1.807, 2.05) is 0 Å². The lowest BCUT2D eigenvalue weighted by Gasteiger charge is -2.30. The second-order valence-electron chi connectivity index (χ2n) is 6.33. The van der Waals surface area contributed by atoms with Crippen LogP contribution in [0, 0.1) is 5.92 Å². The van der Waals surface area contributed by atoms with Gasteiger partial charge in [-0.3, -0.25) is 4.79 Å². The molecule has 0 N–H and O–H groups in total. The van der Waals surface area contributed by atoms with E-state index in [0.29, 0.717) is 41.5 Å². The Hall–Kier alpha value is -1.60. The minimum absolute atomic E-state index is 0.0668. The van der Waals surface area contributed by atoms with Crippen LogP contribution in [0.3, 0.4) is 0 Å². The molecule has 27 heavy (non-hydrogen) atoms. The second-order valence-corrected chi connectivity index (χ2v) is 9.12. The van der Waals surface area contributed by atoms with Crippen molar-refractivity contribution in [2.45, 2.75) is 24.3 Å². The molecule has 0 saturated carbocycles. The molecule has 0 radical (unpaired) electrons. The van der Waals surface area contributed by atoms with E-state index in [-0.39, 0.29) is 23.4 Å². The fourth-order valence-corrected chi connectivity index (χ4v) is 4.93. The van der Waals surface area contributed by atoms with Crippen molar-refractivity contribution in [3.8, 4) is 0 Å². The van der Waals surface area contributed by atoms with Gasteiger partial charge in [-0.05, 0) is 37.1 Å². The highest BCUT2D eigenvalue weighted by molar-refractivity contribution is 7.89. The van der Waals surface area contributed by atoms with Crippen LogP contribution in [0.4, 0.5) is 0 Å². The van der Waals surface area contributed by atoms with Crippen molar-refractivity contribution in [2.24, 2.45) is 5.92 Å². The van der Waals surface area contributed by atoms with Crippen molar-refractivity contribution in [1.82, 2.24) is 4.31 Å². The summed E-state index contributed by atoms with van der Waals surface area (Å²) in [6.45, 7) is 0.648. The predicted octanol–water partition coefficient (Wildman–Crippen LogP) is 4.14. The summed E-state index contributed by atoms with van der Waals surface area (Å²) in [5, 5.41) is 0.959. The van der Waals surface area contributed by atoms with Gasteiger partial charge in [-0.15, -0.1) is 0 Å². The van der Waals surface area contributed by atoms with Gasteiger partial charge >= 0.3 is 5.97 Å². The molecule has 0 spiro atoms. The van der Waals surface area contributed by atoms with Gasteiger partial charge in [-0.2, -0.15) is 4.31 Å². The average Bonchev–Trinajstić information content (AvgIpc) is 2.68. The fourth-order valence-electron chi connectivity index (χ4n) is 2.98. The molecule has 1 heterocycles. The number of ether oxygens (including phenoxy) is 1. The van der Waals surface area contributed by atoms with Crippen LogP contribution >= 0.6 is 23.2 Å². The summed E-state index contributed by atoms with van der Waals surface area (Å²) in [5.41, 5.74) is 0.679. The Morgan fingerprint density at radius 3 is 2.37 bits per heavy atom. The largest absolute Gasteiger partial charge is 0.461 e. The van der Waals surface area contributed by atoms with E-state index < -0.39 is 10.0 Å². The molecule has 2 aromatic rings. The van der Waals surface area contributed by atoms with Gasteiger partial charge in [0.1, 0.15) is 6.61 Å². The number of sulfonamides is 1. The van der Waals surface area contributed by atoms with Crippen molar-refractivity contribution in [2.75, 3.05) is 13.1 Å². The van der Waals surface area contributed by atoms with E-state index in [0.717, 1.165) is 0 Å². The maximum atomic E-state index is 12.6. The van der Waals surface area contributed by atoms with Crippen molar-refractivity contribution < 1.29 is 17.9 Å². The van der Waals surface area contributed by atoms with E-state index >= 15 is 0 Å². The molecular weight excluding hydrogens is 409 g/mol. The van der Waals surface area contributed by atoms with Gasteiger partial charge in [0.25, 0.3) is 0 Å². The van der Waals surface area contributed by atoms with Gasteiger partial charge in [0.05, 0.1) is 10.8 Å². The fraction of sp³-hybridized carbons (Fsp3) is 0.316. The molecule has 2 aromatic carbocycles. The third-order valence-electron chi connectivity index (χ3n) is 4.55. The SMILES string of the molecule is O=C(OCc1ccc(Cl)cc1Cl)C1CCN(S(=O)(=O)c2ccccc2)CC1. The van der Waals surface area contributed by atoms with Gasteiger partial charge in [-0.1, -0.05) is 47.5 Å². The number of piperidine rings is 1. The Kier molecular flexibility index (Phi) is 6.42. The van der Waals surface area contributed by atoms with E-state index in [4.69, 9.17) is 27.9 Å². The summed E-state index contributed by atoms with van der Waals surface area (Å²) in [4.78, 5) is 12.6. The number of hydrogen-bond acceptors (Lipinski definition) is 4. The molecule has 0 aliphatic carbocycles. The lowest BCUT2D eigenvalue weighted by atomic mass is 9.98. The summed E-state index contributed by atoms with van der Waals surface area (Å²) in [6.07, 6.45) is 0.860. The highest BCUT2D eigenvalue weighted by Gasteiger charge is 2.32. The Labute approximate surface area is 168 Å². The normalized spacial score (nSPS) is 16.2. The number of hydrogen-bond donors (Lipinski definition) is 0. The van der Waals surface area contributed by atoms with Crippen molar-refractivity contribution in [1.29, 1.82) is 0 Å². The van der Waals surface area contributed by atoms with Gasteiger partial charge in [0.2, 0.25) is 10.0 Å². The maximum absolute atomic E-state index is 12.6. The standard InChI is InChI=1S/C19H19Cl2NO4S/c20-16-7-6-15(18(21)12-16)13-26-19(23)14-8-10-22(11-9-14)27(24,25)17-4-2-1-3-5-17/h1-7,12,14H,8-11,13H2. The Morgan fingerprint density at radius 1 is 1.07 bits per heavy atom. The Morgan fingerprint density at radius 2 is 1.74 bits per heavy atom. The number of carbonyl (C=O) groups excluding carboxylic acids is 1. The molecule has 0 amide bonds. The first-order valence-corrected chi connectivity index (χ1v) is 10.7. The quantitative estimate of drug-likeness (QED) is 0.672. The minimum Gasteiger partial charge on any atom is -0.461 e. The third-order valence-corrected chi connectivity index (χ3v) is 7.05. The zero-order valence-corrected chi connectivity index (χ0v) is 16.8. The molecule has 5 nitrogen and oxygen atoms in total. The van der Waals surface area contributed by atoms with Crippen LogP contribution in [-0.4, -0.2) is 31.8 Å². The number of esters is 1. The molecule has 0 atom stereocenters. The number of nitrogens with zero attached hydrogens (tertiary/aromatic N) is 1. The van der Waals surface area contributed by atoms with E-state index in [2.05, 4.69) is 0 Å². The summed E-state index contributed by atoms with van der Waals surface area (Å²) in [5.74, 6) is -0.656. The van der Waals surface area contributed by atoms with Crippen molar-refractivity contribution >= 4 is 39.2 Å². The first-order valence-electron chi connectivity index (χ1n) is 8.53. The van der Waals surface area contributed by atoms with Crippen LogP contribution in [0.15, 0.2) is 53.4 Å². The van der Waals surface area contributed by atoms with E-state index in [9.17, 15) is 13.2 Å². The number of benzene rings is 2. The summed E-state index contributed by atoms with van der Waals surface area (Å²) in [6, 6.07) is 13.3. The molecule has 144 valence electrons. The van der Waals surface area contributed by atoms with Gasteiger partial charge in [-0.25, -0.2) is 8.42 Å². The van der Waals surface area contributed by atoms with E-state index in [1.165, 1.54) is 4.31 Å². The maximum Gasteiger partial charge on any atom is 0.309 e. The van der Waals surface area contributed by atoms with Gasteiger partial charge in [0, 0.05) is 28.7 Å². The molecule has 1 aliphatic heterocycles. The van der Waals surface area contributed by atoms with E-state index in [1.54, 1.807) is 48.5 Å². The highest BCUT2D eigenvalue weighted by atomic mass is 35.5. The second kappa shape index (κ2) is 8.61. The molecule has 1 saturated heterocycles. The lowest BCUT2D eigenvalue weighted by molar-refractivity contribution is -0.151. The minimum atomic E-state index is -3.52. The van der Waals surface area contributed by atoms with Crippen LogP contribution in [0.2, 0.25) is 10.0 Å². The topological polar surface area (TPSA) is 63.7 Å². The summed E-state index contributed by atoms with van der Waals surface area (Å²) >= 11 is 11.9. The van der Waals surface area contributed by atoms with Crippen molar-refractivity contribution in [3.05, 3.63) is 64.1 Å². The number of halogens is 2. The van der Waals surface area contributed by atoms with Gasteiger partial charge < -0.3 is 4.74 Å². The zero-order valence-electron chi connectivity index (χ0n) is 14.5. The molecule has 0 aromatic heterocycles. The lowest BCUT2D eigenvalue weighted by Crippen LogP contribution is -2.40. The molecule has 8 heteroatoms. The van der Waals surface area contributed by atoms with Crippen LogP contribution in [0.5, 0.6) is 0 Å². The average molecular weight is 428 g/mol. The summed E-state index contributed by atoms with van der Waals surface area (Å²) in [7, 11) is -3.52. The van der Waals surface area contributed by atoms with Crippen LogP contribution < -0.4 is 0 Å². The van der Waals surface area contributed by atoms with Crippen LogP contribution in [0.1, 0.15) is 18.4 Å². The molecule has 0 unspecified atom stereocenters. The molecule has 1 fully saturated rings. The number of rotatable bonds is 5. The smallest absolute Gasteiger partial charge is 0.309 e. The molecule has 3 rings (SSSR count). The Balaban J connectivity index is 1.55. The van der Waals surface area contributed by atoms with Crippen LogP contribution in [0.25, 0.3) is 0 Å². The third kappa shape index (κ3) is 4.82. The molecular formula is C19H19Cl2NO4S. The molecule has 0 bridgehead atoms.